The van der Waals surface area contributed by atoms with Crippen LogP contribution in [0.5, 0.6) is 0 Å². The van der Waals surface area contributed by atoms with Crippen LogP contribution < -0.4 is 0 Å². The van der Waals surface area contributed by atoms with Gasteiger partial charge in [0.05, 0.1) is 5.92 Å². The molecule has 160 valence electrons. The fourth-order valence-corrected chi connectivity index (χ4v) is 4.42. The summed E-state index contributed by atoms with van der Waals surface area (Å²) in [5.74, 6) is 0.225. The molecule has 1 aromatic carbocycles. The van der Waals surface area contributed by atoms with Gasteiger partial charge in [0.15, 0.2) is 0 Å². The van der Waals surface area contributed by atoms with Crippen molar-refractivity contribution in [2.24, 2.45) is 5.92 Å². The average molecular weight is 415 g/mol. The van der Waals surface area contributed by atoms with Gasteiger partial charge in [0.1, 0.15) is 0 Å². The van der Waals surface area contributed by atoms with Gasteiger partial charge in [-0.2, -0.15) is 0 Å². The highest BCUT2D eigenvalue weighted by Gasteiger charge is 2.30. The van der Waals surface area contributed by atoms with E-state index < -0.39 is 0 Å². The third-order valence-corrected chi connectivity index (χ3v) is 5.95. The smallest absolute Gasteiger partial charge is 0.227 e. The molecular formula is C26H30N4O. The molecule has 2 aromatic heterocycles. The molecule has 0 radical (unpaired) electrons. The van der Waals surface area contributed by atoms with Crippen LogP contribution in [0, 0.1) is 5.92 Å². The van der Waals surface area contributed by atoms with E-state index >= 15 is 0 Å². The molecule has 31 heavy (non-hydrogen) atoms. The number of carbonyl (C=O) groups excluding carboxylic acids is 1. The van der Waals surface area contributed by atoms with E-state index in [1.54, 1.807) is 0 Å². The molecule has 4 rings (SSSR count). The van der Waals surface area contributed by atoms with Crippen molar-refractivity contribution < 1.29 is 4.79 Å². The summed E-state index contributed by atoms with van der Waals surface area (Å²) in [6.45, 7) is 6.27. The third kappa shape index (κ3) is 5.36. The van der Waals surface area contributed by atoms with E-state index in [1.807, 2.05) is 36.9 Å². The number of nitrogens with zero attached hydrogens (tertiary/aromatic N) is 4. The van der Waals surface area contributed by atoms with Crippen molar-refractivity contribution in [3.63, 3.8) is 0 Å². The summed E-state index contributed by atoms with van der Waals surface area (Å²) in [6, 6.07) is 16.6. The van der Waals surface area contributed by atoms with Gasteiger partial charge in [-0.15, -0.1) is 0 Å². The van der Waals surface area contributed by atoms with Crippen LogP contribution in [0.25, 0.3) is 11.1 Å². The Hall–Kier alpha value is -3.05. The molecule has 0 N–H and O–H groups in total. The number of benzene rings is 1. The van der Waals surface area contributed by atoms with Crippen molar-refractivity contribution in [2.75, 3.05) is 26.2 Å². The second kappa shape index (κ2) is 10.3. The lowest BCUT2D eigenvalue weighted by Crippen LogP contribution is -2.37. The molecule has 0 spiro atoms. The quantitative estimate of drug-likeness (QED) is 0.585. The van der Waals surface area contributed by atoms with Gasteiger partial charge in [-0.1, -0.05) is 31.2 Å². The summed E-state index contributed by atoms with van der Waals surface area (Å²) in [4.78, 5) is 26.2. The zero-order chi connectivity index (χ0) is 21.5. The van der Waals surface area contributed by atoms with E-state index in [-0.39, 0.29) is 11.8 Å². The predicted octanol–water partition coefficient (Wildman–Crippen LogP) is 4.06. The zero-order valence-electron chi connectivity index (χ0n) is 18.2. The molecule has 1 atom stereocenters. The van der Waals surface area contributed by atoms with Crippen LogP contribution in [-0.4, -0.2) is 51.9 Å². The van der Waals surface area contributed by atoms with E-state index in [4.69, 9.17) is 0 Å². The maximum atomic E-state index is 13.5. The summed E-state index contributed by atoms with van der Waals surface area (Å²) >= 11 is 0. The molecule has 0 unspecified atom stereocenters. The van der Waals surface area contributed by atoms with Crippen LogP contribution >= 0.6 is 0 Å². The number of hydrogen-bond acceptors (Lipinski definition) is 4. The highest BCUT2D eigenvalue weighted by Crippen LogP contribution is 2.27. The predicted molar refractivity (Wildman–Crippen MR) is 123 cm³/mol. The minimum atomic E-state index is -0.0566. The molecule has 0 aliphatic carbocycles. The molecule has 0 saturated carbocycles. The van der Waals surface area contributed by atoms with Crippen LogP contribution in [-0.2, 0) is 17.8 Å². The lowest BCUT2D eigenvalue weighted by molar-refractivity contribution is -0.134. The van der Waals surface area contributed by atoms with Crippen molar-refractivity contribution in [3.8, 4) is 11.1 Å². The van der Waals surface area contributed by atoms with Crippen molar-refractivity contribution >= 4 is 5.91 Å². The molecular weight excluding hydrogens is 384 g/mol. The number of rotatable bonds is 7. The van der Waals surface area contributed by atoms with Gasteiger partial charge in [-0.05, 0) is 59.4 Å². The van der Waals surface area contributed by atoms with Gasteiger partial charge >= 0.3 is 0 Å². The Kier molecular flexibility index (Phi) is 7.05. The first-order valence-corrected chi connectivity index (χ1v) is 11.1. The van der Waals surface area contributed by atoms with E-state index in [9.17, 15) is 4.79 Å². The molecule has 1 saturated heterocycles. The SMILES string of the molecule is CCCN1CCN(Cc2ccncc2)C[C@@H](Cc2ccccc2-c2ccncc2)C1=O. The van der Waals surface area contributed by atoms with Crippen molar-refractivity contribution in [1.29, 1.82) is 0 Å². The Bertz CT molecular complexity index is 977. The zero-order valence-corrected chi connectivity index (χ0v) is 18.2. The first-order chi connectivity index (χ1) is 15.2. The van der Waals surface area contributed by atoms with E-state index in [0.717, 1.165) is 51.1 Å². The van der Waals surface area contributed by atoms with Crippen LogP contribution in [0.15, 0.2) is 73.3 Å². The van der Waals surface area contributed by atoms with Crippen molar-refractivity contribution in [3.05, 3.63) is 84.4 Å². The molecule has 3 heterocycles. The van der Waals surface area contributed by atoms with Gasteiger partial charge in [0.2, 0.25) is 5.91 Å². The number of hydrogen-bond donors (Lipinski definition) is 0. The highest BCUT2D eigenvalue weighted by molar-refractivity contribution is 5.80. The van der Waals surface area contributed by atoms with Gasteiger partial charge in [-0.3, -0.25) is 19.7 Å². The standard InChI is InChI=1S/C26H30N4O/c1-2-15-30-17-16-29(19-21-7-11-27-12-8-21)20-24(26(30)31)18-23-5-3-4-6-25(23)22-9-13-28-14-10-22/h3-14,24H,2,15-20H2,1H3/t24-/m1/s1. The highest BCUT2D eigenvalue weighted by atomic mass is 16.2. The van der Waals surface area contributed by atoms with E-state index in [2.05, 4.69) is 63.1 Å². The number of carbonyl (C=O) groups is 1. The monoisotopic (exact) mass is 414 g/mol. The van der Waals surface area contributed by atoms with Crippen LogP contribution in [0.4, 0.5) is 0 Å². The van der Waals surface area contributed by atoms with Crippen LogP contribution in [0.1, 0.15) is 24.5 Å². The topological polar surface area (TPSA) is 49.3 Å². The van der Waals surface area contributed by atoms with Crippen LogP contribution in [0.3, 0.4) is 0 Å². The summed E-state index contributed by atoms with van der Waals surface area (Å²) in [6.07, 6.45) is 9.04. The fraction of sp³-hybridized carbons (Fsp3) is 0.346. The number of pyridine rings is 2. The maximum Gasteiger partial charge on any atom is 0.227 e. The first-order valence-electron chi connectivity index (χ1n) is 11.1. The van der Waals surface area contributed by atoms with Gasteiger partial charge < -0.3 is 4.90 Å². The second-order valence-electron chi connectivity index (χ2n) is 8.21. The van der Waals surface area contributed by atoms with Gasteiger partial charge in [0.25, 0.3) is 0 Å². The Morgan fingerprint density at radius 3 is 2.39 bits per heavy atom. The van der Waals surface area contributed by atoms with Crippen molar-refractivity contribution in [2.45, 2.75) is 26.3 Å². The Labute approximate surface area is 184 Å². The number of aromatic nitrogens is 2. The molecule has 3 aromatic rings. The summed E-state index contributed by atoms with van der Waals surface area (Å²) in [7, 11) is 0. The molecule has 5 heteroatoms. The molecule has 1 amide bonds. The van der Waals surface area contributed by atoms with E-state index in [0.29, 0.717) is 0 Å². The Balaban J connectivity index is 1.59. The minimum absolute atomic E-state index is 0.0566. The summed E-state index contributed by atoms with van der Waals surface area (Å²) in [5.41, 5.74) is 4.78. The maximum absolute atomic E-state index is 13.5. The lowest BCUT2D eigenvalue weighted by atomic mass is 9.91. The minimum Gasteiger partial charge on any atom is -0.341 e. The Morgan fingerprint density at radius 1 is 0.935 bits per heavy atom. The molecule has 0 bridgehead atoms. The molecule has 1 aliphatic heterocycles. The number of amides is 1. The van der Waals surface area contributed by atoms with E-state index in [1.165, 1.54) is 16.7 Å². The van der Waals surface area contributed by atoms with Gasteiger partial charge in [0, 0.05) is 57.5 Å². The normalized spacial score (nSPS) is 17.5. The largest absolute Gasteiger partial charge is 0.341 e. The molecule has 1 aliphatic rings. The average Bonchev–Trinajstić information content (AvgIpc) is 2.95. The second-order valence-corrected chi connectivity index (χ2v) is 8.21. The molecule has 1 fully saturated rings. The lowest BCUT2D eigenvalue weighted by Gasteiger charge is -2.24. The van der Waals surface area contributed by atoms with Crippen LogP contribution in [0.2, 0.25) is 0 Å². The van der Waals surface area contributed by atoms with Crippen molar-refractivity contribution in [1.82, 2.24) is 19.8 Å². The van der Waals surface area contributed by atoms with Gasteiger partial charge in [-0.25, -0.2) is 0 Å². The fourth-order valence-electron chi connectivity index (χ4n) is 4.42. The molecule has 5 nitrogen and oxygen atoms in total. The summed E-state index contributed by atoms with van der Waals surface area (Å²) < 4.78 is 0. The third-order valence-electron chi connectivity index (χ3n) is 5.95. The Morgan fingerprint density at radius 2 is 1.65 bits per heavy atom. The summed E-state index contributed by atoms with van der Waals surface area (Å²) in [5, 5.41) is 0. The first kappa shape index (κ1) is 21.2.